The summed E-state index contributed by atoms with van der Waals surface area (Å²) in [5, 5.41) is 0. The van der Waals surface area contributed by atoms with Crippen molar-refractivity contribution in [2.75, 3.05) is 6.61 Å². The van der Waals surface area contributed by atoms with E-state index >= 15 is 0 Å². The van der Waals surface area contributed by atoms with Crippen LogP contribution in [-0.2, 0) is 16.1 Å². The van der Waals surface area contributed by atoms with E-state index in [4.69, 9.17) is 9.47 Å². The number of esters is 1. The van der Waals surface area contributed by atoms with Gasteiger partial charge in [0.25, 0.3) is 5.56 Å². The minimum absolute atomic E-state index is 0.0737. The quantitative estimate of drug-likeness (QED) is 0.668. The molecule has 0 amide bonds. The molecule has 0 fully saturated rings. The maximum absolute atomic E-state index is 12.1. The van der Waals surface area contributed by atoms with E-state index in [9.17, 15) is 9.59 Å². The lowest BCUT2D eigenvalue weighted by Crippen LogP contribution is -2.18. The number of hydrogen-bond acceptors (Lipinski definition) is 5. The first-order chi connectivity index (χ1) is 12.0. The van der Waals surface area contributed by atoms with E-state index in [1.807, 2.05) is 32.0 Å². The molecule has 0 spiro atoms. The third kappa shape index (κ3) is 4.23. The molecule has 0 aliphatic rings. The Balaban J connectivity index is 1.60. The van der Waals surface area contributed by atoms with Crippen LogP contribution in [0.15, 0.2) is 53.5 Å². The van der Waals surface area contributed by atoms with Crippen molar-refractivity contribution < 1.29 is 14.3 Å². The zero-order chi connectivity index (χ0) is 17.8. The lowest BCUT2D eigenvalue weighted by atomic mass is 10.2. The smallest absolute Gasteiger partial charge is 0.344 e. The van der Waals surface area contributed by atoms with E-state index in [0.29, 0.717) is 17.1 Å². The van der Waals surface area contributed by atoms with Crippen LogP contribution in [0, 0.1) is 13.8 Å². The van der Waals surface area contributed by atoms with Gasteiger partial charge in [-0.3, -0.25) is 9.20 Å². The molecular weight excluding hydrogens is 320 g/mol. The molecule has 2 heterocycles. The van der Waals surface area contributed by atoms with Gasteiger partial charge in [-0.05, 0) is 37.6 Å². The van der Waals surface area contributed by atoms with Gasteiger partial charge in [-0.2, -0.15) is 0 Å². The van der Waals surface area contributed by atoms with E-state index in [1.54, 1.807) is 24.4 Å². The van der Waals surface area contributed by atoms with E-state index < -0.39 is 5.97 Å². The van der Waals surface area contributed by atoms with Crippen LogP contribution in [-0.4, -0.2) is 22.0 Å². The Kier molecular flexibility index (Phi) is 4.79. The molecule has 0 saturated heterocycles. The van der Waals surface area contributed by atoms with Gasteiger partial charge in [0.2, 0.25) is 0 Å². The number of fused-ring (bicyclic) bond motifs is 1. The Labute approximate surface area is 144 Å². The first-order valence-corrected chi connectivity index (χ1v) is 7.85. The summed E-state index contributed by atoms with van der Waals surface area (Å²) in [4.78, 5) is 28.2. The molecule has 0 N–H and O–H groups in total. The Morgan fingerprint density at radius 3 is 2.56 bits per heavy atom. The maximum Gasteiger partial charge on any atom is 0.344 e. The Bertz CT molecular complexity index is 961. The fraction of sp³-hybridized carbons (Fsp3) is 0.211. The van der Waals surface area contributed by atoms with Gasteiger partial charge in [-0.25, -0.2) is 9.78 Å². The number of hydrogen-bond donors (Lipinski definition) is 0. The molecule has 3 aromatic rings. The molecule has 6 heteroatoms. The Morgan fingerprint density at radius 1 is 1.08 bits per heavy atom. The third-order valence-corrected chi connectivity index (χ3v) is 3.62. The standard InChI is InChI=1S/C19H18N2O4/c1-13-3-6-16(7-4-13)24-12-19(23)25-11-15-9-18(22)21-10-14(2)5-8-17(21)20-15/h3-10H,11-12H2,1-2H3. The molecular formula is C19H18N2O4. The van der Waals surface area contributed by atoms with Gasteiger partial charge >= 0.3 is 5.97 Å². The van der Waals surface area contributed by atoms with Crippen LogP contribution < -0.4 is 10.3 Å². The molecule has 3 rings (SSSR count). The fourth-order valence-electron chi connectivity index (χ4n) is 2.31. The van der Waals surface area contributed by atoms with Gasteiger partial charge < -0.3 is 9.47 Å². The largest absolute Gasteiger partial charge is 0.482 e. The van der Waals surface area contributed by atoms with E-state index in [0.717, 1.165) is 11.1 Å². The van der Waals surface area contributed by atoms with Crippen LogP contribution in [0.4, 0.5) is 0 Å². The predicted octanol–water partition coefficient (Wildman–Crippen LogP) is 2.43. The minimum atomic E-state index is -0.522. The molecule has 0 unspecified atom stereocenters. The Hall–Kier alpha value is -3.15. The lowest BCUT2D eigenvalue weighted by Gasteiger charge is -2.08. The lowest BCUT2D eigenvalue weighted by molar-refractivity contribution is -0.147. The molecule has 2 aromatic heterocycles. The number of nitrogens with zero attached hydrogens (tertiary/aromatic N) is 2. The van der Waals surface area contributed by atoms with Crippen molar-refractivity contribution in [3.05, 3.63) is 75.8 Å². The number of aromatic nitrogens is 2. The van der Waals surface area contributed by atoms with Crippen LogP contribution in [0.1, 0.15) is 16.8 Å². The van der Waals surface area contributed by atoms with Gasteiger partial charge in [-0.15, -0.1) is 0 Å². The summed E-state index contributed by atoms with van der Waals surface area (Å²) in [6, 6.07) is 12.4. The van der Waals surface area contributed by atoms with Gasteiger partial charge in [0, 0.05) is 12.3 Å². The highest BCUT2D eigenvalue weighted by atomic mass is 16.6. The summed E-state index contributed by atoms with van der Waals surface area (Å²) in [7, 11) is 0. The van der Waals surface area contributed by atoms with Crippen molar-refractivity contribution >= 4 is 11.6 Å². The molecule has 1 aromatic carbocycles. The molecule has 6 nitrogen and oxygen atoms in total. The predicted molar refractivity (Wildman–Crippen MR) is 92.7 cm³/mol. The highest BCUT2D eigenvalue weighted by Crippen LogP contribution is 2.11. The molecule has 25 heavy (non-hydrogen) atoms. The second kappa shape index (κ2) is 7.17. The Morgan fingerprint density at radius 2 is 1.80 bits per heavy atom. The van der Waals surface area contributed by atoms with Crippen LogP contribution in [0.5, 0.6) is 5.75 Å². The topological polar surface area (TPSA) is 69.9 Å². The number of rotatable bonds is 5. The normalized spacial score (nSPS) is 10.6. The number of pyridine rings is 1. The second-order valence-corrected chi connectivity index (χ2v) is 5.78. The monoisotopic (exact) mass is 338 g/mol. The van der Waals surface area contributed by atoms with Crippen LogP contribution >= 0.6 is 0 Å². The van der Waals surface area contributed by atoms with E-state index in [2.05, 4.69) is 4.98 Å². The van der Waals surface area contributed by atoms with Crippen molar-refractivity contribution in [1.29, 1.82) is 0 Å². The highest BCUT2D eigenvalue weighted by Gasteiger charge is 2.08. The van der Waals surface area contributed by atoms with Gasteiger partial charge in [0.05, 0.1) is 5.69 Å². The molecule has 0 saturated carbocycles. The molecule has 0 aliphatic carbocycles. The van der Waals surface area contributed by atoms with Crippen molar-refractivity contribution in [3.8, 4) is 5.75 Å². The minimum Gasteiger partial charge on any atom is -0.482 e. The molecule has 128 valence electrons. The van der Waals surface area contributed by atoms with Gasteiger partial charge in [0.1, 0.15) is 18.0 Å². The summed E-state index contributed by atoms with van der Waals surface area (Å²) in [6.45, 7) is 3.60. The number of aryl methyl sites for hydroxylation is 2. The van der Waals surface area contributed by atoms with Crippen molar-refractivity contribution in [1.82, 2.24) is 9.38 Å². The van der Waals surface area contributed by atoms with Gasteiger partial charge in [0.15, 0.2) is 6.61 Å². The third-order valence-electron chi connectivity index (χ3n) is 3.62. The fourth-order valence-corrected chi connectivity index (χ4v) is 2.31. The zero-order valence-corrected chi connectivity index (χ0v) is 14.1. The number of carbonyl (C=O) groups is 1. The average Bonchev–Trinajstić information content (AvgIpc) is 2.60. The van der Waals surface area contributed by atoms with Crippen LogP contribution in [0.2, 0.25) is 0 Å². The average molecular weight is 338 g/mol. The number of carbonyl (C=O) groups excluding carboxylic acids is 1. The van der Waals surface area contributed by atoms with E-state index in [1.165, 1.54) is 10.5 Å². The van der Waals surface area contributed by atoms with Gasteiger partial charge in [-0.1, -0.05) is 23.8 Å². The van der Waals surface area contributed by atoms with E-state index in [-0.39, 0.29) is 18.8 Å². The number of benzene rings is 1. The number of ether oxygens (including phenoxy) is 2. The molecule has 0 aliphatic heterocycles. The van der Waals surface area contributed by atoms with Crippen LogP contribution in [0.25, 0.3) is 5.65 Å². The first kappa shape index (κ1) is 16.7. The summed E-state index contributed by atoms with van der Waals surface area (Å²) in [5.41, 5.74) is 2.77. The van der Waals surface area contributed by atoms with Crippen molar-refractivity contribution in [2.24, 2.45) is 0 Å². The first-order valence-electron chi connectivity index (χ1n) is 7.85. The highest BCUT2D eigenvalue weighted by molar-refractivity contribution is 5.71. The van der Waals surface area contributed by atoms with Crippen LogP contribution in [0.3, 0.4) is 0 Å². The molecule has 0 atom stereocenters. The SMILES string of the molecule is Cc1ccc(OCC(=O)OCc2cc(=O)n3cc(C)ccc3n2)cc1. The summed E-state index contributed by atoms with van der Waals surface area (Å²) in [6.07, 6.45) is 1.72. The summed E-state index contributed by atoms with van der Waals surface area (Å²) >= 11 is 0. The molecule has 0 bridgehead atoms. The van der Waals surface area contributed by atoms with Crippen molar-refractivity contribution in [2.45, 2.75) is 20.5 Å². The summed E-state index contributed by atoms with van der Waals surface area (Å²) in [5.74, 6) is 0.0754. The maximum atomic E-state index is 12.1. The zero-order valence-electron chi connectivity index (χ0n) is 14.1. The molecule has 0 radical (unpaired) electrons. The second-order valence-electron chi connectivity index (χ2n) is 5.78. The van der Waals surface area contributed by atoms with Crippen molar-refractivity contribution in [3.63, 3.8) is 0 Å². The summed E-state index contributed by atoms with van der Waals surface area (Å²) < 4.78 is 11.9.